The van der Waals surface area contributed by atoms with Crippen molar-refractivity contribution in [3.63, 3.8) is 0 Å². The van der Waals surface area contributed by atoms with Crippen LogP contribution in [0, 0.1) is 0 Å². The molecule has 2 N–H and O–H groups in total. The molecule has 2 heteroatoms. The number of hydrogen-bond donors (Lipinski definition) is 1. The van der Waals surface area contributed by atoms with Crippen molar-refractivity contribution in [1.29, 1.82) is 0 Å². The van der Waals surface area contributed by atoms with E-state index in [0.717, 1.165) is 24.3 Å². The fourth-order valence-electron chi connectivity index (χ4n) is 2.52. The van der Waals surface area contributed by atoms with Crippen molar-refractivity contribution >= 4 is 0 Å². The van der Waals surface area contributed by atoms with Gasteiger partial charge < -0.3 is 10.5 Å². The van der Waals surface area contributed by atoms with Gasteiger partial charge in [-0.05, 0) is 23.6 Å². The number of rotatable bonds is 4. The normalized spacial score (nSPS) is 16.8. The number of nitrogens with two attached hydrogens (primary N) is 1. The largest absolute Gasteiger partial charge is 0.493 e. The molecule has 0 spiro atoms. The Kier molecular flexibility index (Phi) is 3.03. The van der Waals surface area contributed by atoms with E-state index in [9.17, 15) is 0 Å². The van der Waals surface area contributed by atoms with Crippen molar-refractivity contribution < 1.29 is 4.74 Å². The first-order chi connectivity index (χ1) is 8.88. The van der Waals surface area contributed by atoms with E-state index in [2.05, 4.69) is 24.3 Å². The average molecular weight is 239 g/mol. The summed E-state index contributed by atoms with van der Waals surface area (Å²) in [5, 5.41) is 0. The summed E-state index contributed by atoms with van der Waals surface area (Å²) in [6.07, 6.45) is 1.13. The van der Waals surface area contributed by atoms with Gasteiger partial charge in [-0.3, -0.25) is 0 Å². The Labute approximate surface area is 107 Å². The molecular weight excluding hydrogens is 222 g/mol. The van der Waals surface area contributed by atoms with Crippen molar-refractivity contribution in [1.82, 2.24) is 0 Å². The molecule has 0 aromatic heterocycles. The van der Waals surface area contributed by atoms with E-state index in [0.29, 0.717) is 12.5 Å². The van der Waals surface area contributed by atoms with Crippen molar-refractivity contribution in [3.05, 3.63) is 65.2 Å². The maximum atomic E-state index is 5.91. The SMILES string of the molecule is NCc1ccccc1OCC1Cc2ccccc21. The summed E-state index contributed by atoms with van der Waals surface area (Å²) in [6.45, 7) is 1.27. The summed E-state index contributed by atoms with van der Waals surface area (Å²) in [5.74, 6) is 1.46. The third-order valence-electron chi connectivity index (χ3n) is 3.59. The zero-order valence-corrected chi connectivity index (χ0v) is 10.3. The van der Waals surface area contributed by atoms with Gasteiger partial charge >= 0.3 is 0 Å². The van der Waals surface area contributed by atoms with Crippen molar-refractivity contribution in [3.8, 4) is 5.75 Å². The Morgan fingerprint density at radius 3 is 2.67 bits per heavy atom. The molecule has 92 valence electrons. The van der Waals surface area contributed by atoms with Crippen LogP contribution in [0.4, 0.5) is 0 Å². The first kappa shape index (κ1) is 11.3. The van der Waals surface area contributed by atoms with Gasteiger partial charge in [0.1, 0.15) is 5.75 Å². The quantitative estimate of drug-likeness (QED) is 0.890. The second-order valence-corrected chi connectivity index (χ2v) is 4.72. The van der Waals surface area contributed by atoms with Gasteiger partial charge in [-0.15, -0.1) is 0 Å². The maximum absolute atomic E-state index is 5.91. The lowest BCUT2D eigenvalue weighted by Crippen LogP contribution is -2.23. The molecule has 0 bridgehead atoms. The molecule has 1 aliphatic carbocycles. The van der Waals surface area contributed by atoms with Crippen LogP contribution < -0.4 is 10.5 Å². The van der Waals surface area contributed by atoms with Gasteiger partial charge in [0.2, 0.25) is 0 Å². The van der Waals surface area contributed by atoms with Crippen LogP contribution in [0.25, 0.3) is 0 Å². The highest BCUT2D eigenvalue weighted by Gasteiger charge is 2.25. The van der Waals surface area contributed by atoms with Gasteiger partial charge in [0.25, 0.3) is 0 Å². The van der Waals surface area contributed by atoms with Gasteiger partial charge in [-0.25, -0.2) is 0 Å². The van der Waals surface area contributed by atoms with Crippen LogP contribution in [0.1, 0.15) is 22.6 Å². The molecule has 0 fully saturated rings. The predicted octanol–water partition coefficient (Wildman–Crippen LogP) is 2.86. The second-order valence-electron chi connectivity index (χ2n) is 4.72. The van der Waals surface area contributed by atoms with Gasteiger partial charge in [0, 0.05) is 18.0 Å². The van der Waals surface area contributed by atoms with Crippen LogP contribution in [0.15, 0.2) is 48.5 Å². The van der Waals surface area contributed by atoms with E-state index < -0.39 is 0 Å². The predicted molar refractivity (Wildman–Crippen MR) is 72.7 cm³/mol. The first-order valence-electron chi connectivity index (χ1n) is 6.37. The molecule has 1 unspecified atom stereocenters. The number of para-hydroxylation sites is 1. The maximum Gasteiger partial charge on any atom is 0.123 e. The Hall–Kier alpha value is -1.80. The monoisotopic (exact) mass is 239 g/mol. The molecule has 0 saturated carbocycles. The number of fused-ring (bicyclic) bond motifs is 1. The molecule has 1 aliphatic rings. The zero-order valence-electron chi connectivity index (χ0n) is 10.3. The number of hydrogen-bond acceptors (Lipinski definition) is 2. The summed E-state index contributed by atoms with van der Waals surface area (Å²) in [4.78, 5) is 0. The summed E-state index contributed by atoms with van der Waals surface area (Å²) in [7, 11) is 0. The Morgan fingerprint density at radius 1 is 1.06 bits per heavy atom. The summed E-state index contributed by atoms with van der Waals surface area (Å²) in [6, 6.07) is 16.6. The second kappa shape index (κ2) is 4.83. The summed E-state index contributed by atoms with van der Waals surface area (Å²) < 4.78 is 5.91. The molecule has 2 aromatic carbocycles. The fourth-order valence-corrected chi connectivity index (χ4v) is 2.52. The van der Waals surface area contributed by atoms with Gasteiger partial charge in [0.05, 0.1) is 6.61 Å². The molecule has 2 aromatic rings. The van der Waals surface area contributed by atoms with E-state index in [1.165, 1.54) is 11.1 Å². The third kappa shape index (κ3) is 2.00. The minimum Gasteiger partial charge on any atom is -0.493 e. The molecule has 0 radical (unpaired) electrons. The fraction of sp³-hybridized carbons (Fsp3) is 0.250. The van der Waals surface area contributed by atoms with Crippen molar-refractivity contribution in [2.24, 2.45) is 5.73 Å². The van der Waals surface area contributed by atoms with E-state index in [1.54, 1.807) is 0 Å². The minimum atomic E-state index is 0.525. The van der Waals surface area contributed by atoms with Crippen LogP contribution >= 0.6 is 0 Å². The van der Waals surface area contributed by atoms with Gasteiger partial charge in [0.15, 0.2) is 0 Å². The smallest absolute Gasteiger partial charge is 0.123 e. The van der Waals surface area contributed by atoms with E-state index >= 15 is 0 Å². The molecule has 0 amide bonds. The lowest BCUT2D eigenvalue weighted by Gasteiger charge is -2.30. The van der Waals surface area contributed by atoms with Crippen molar-refractivity contribution in [2.75, 3.05) is 6.61 Å². The van der Waals surface area contributed by atoms with Crippen LogP contribution in [-0.2, 0) is 13.0 Å². The Morgan fingerprint density at radius 2 is 1.83 bits per heavy atom. The van der Waals surface area contributed by atoms with Crippen LogP contribution in [0.3, 0.4) is 0 Å². The van der Waals surface area contributed by atoms with Crippen LogP contribution in [0.2, 0.25) is 0 Å². The first-order valence-corrected chi connectivity index (χ1v) is 6.37. The zero-order chi connectivity index (χ0) is 12.4. The van der Waals surface area contributed by atoms with Gasteiger partial charge in [-0.2, -0.15) is 0 Å². The average Bonchev–Trinajstić information content (AvgIpc) is 2.40. The highest BCUT2D eigenvalue weighted by molar-refractivity contribution is 5.40. The molecule has 3 rings (SSSR count). The molecule has 18 heavy (non-hydrogen) atoms. The highest BCUT2D eigenvalue weighted by Crippen LogP contribution is 2.35. The molecule has 2 nitrogen and oxygen atoms in total. The van der Waals surface area contributed by atoms with E-state index in [4.69, 9.17) is 10.5 Å². The molecule has 0 aliphatic heterocycles. The summed E-state index contributed by atoms with van der Waals surface area (Å²) >= 11 is 0. The molecule has 0 saturated heterocycles. The third-order valence-corrected chi connectivity index (χ3v) is 3.59. The molecule has 0 heterocycles. The number of benzene rings is 2. The van der Waals surface area contributed by atoms with E-state index in [-0.39, 0.29) is 0 Å². The highest BCUT2D eigenvalue weighted by atomic mass is 16.5. The summed E-state index contributed by atoms with van der Waals surface area (Å²) in [5.41, 5.74) is 9.66. The molecule has 1 atom stereocenters. The molecular formula is C16H17NO. The Balaban J connectivity index is 1.67. The Bertz CT molecular complexity index is 550. The lowest BCUT2D eigenvalue weighted by molar-refractivity contribution is 0.273. The van der Waals surface area contributed by atoms with Crippen LogP contribution in [-0.4, -0.2) is 6.61 Å². The lowest BCUT2D eigenvalue weighted by atomic mass is 9.78. The minimum absolute atomic E-state index is 0.525. The topological polar surface area (TPSA) is 35.2 Å². The standard InChI is InChI=1S/C16H17NO/c17-10-13-6-2-4-8-16(13)18-11-14-9-12-5-1-3-7-15(12)14/h1-8,14H,9-11,17H2. The number of ether oxygens (including phenoxy) is 1. The van der Waals surface area contributed by atoms with Crippen molar-refractivity contribution in [2.45, 2.75) is 18.9 Å². The van der Waals surface area contributed by atoms with E-state index in [1.807, 2.05) is 24.3 Å². The van der Waals surface area contributed by atoms with Gasteiger partial charge in [-0.1, -0.05) is 42.5 Å². The van der Waals surface area contributed by atoms with Crippen LogP contribution in [0.5, 0.6) is 5.75 Å².